The van der Waals surface area contributed by atoms with Gasteiger partial charge in [-0.1, -0.05) is 0 Å². The molecular formula is C17H21FN4O. The van der Waals surface area contributed by atoms with Crippen LogP contribution in [-0.4, -0.2) is 46.8 Å². The van der Waals surface area contributed by atoms with E-state index in [0.717, 1.165) is 31.6 Å². The molecule has 0 aliphatic carbocycles. The number of carbonyl (C=O) groups is 1. The van der Waals surface area contributed by atoms with E-state index >= 15 is 0 Å². The number of hydrogen-bond acceptors (Lipinski definition) is 3. The van der Waals surface area contributed by atoms with Gasteiger partial charge in [-0.2, -0.15) is 5.10 Å². The van der Waals surface area contributed by atoms with E-state index in [2.05, 4.69) is 10.00 Å². The number of benzene rings is 1. The fraction of sp³-hybridized carbons (Fsp3) is 0.412. The lowest BCUT2D eigenvalue weighted by Crippen LogP contribution is -2.45. The molecule has 2 aromatic rings. The van der Waals surface area contributed by atoms with E-state index in [-0.39, 0.29) is 17.8 Å². The summed E-state index contributed by atoms with van der Waals surface area (Å²) in [6.45, 7) is 1.72. The normalized spacial score (nSPS) is 15.7. The Labute approximate surface area is 135 Å². The van der Waals surface area contributed by atoms with Crippen LogP contribution in [0.2, 0.25) is 0 Å². The molecule has 0 radical (unpaired) electrons. The summed E-state index contributed by atoms with van der Waals surface area (Å²) >= 11 is 0. The Hall–Kier alpha value is -2.37. The minimum Gasteiger partial charge on any atom is -0.371 e. The first-order chi connectivity index (χ1) is 11.0. The molecule has 1 aromatic heterocycles. The maximum absolute atomic E-state index is 13.0. The maximum atomic E-state index is 13.0. The van der Waals surface area contributed by atoms with Crippen molar-refractivity contribution < 1.29 is 9.18 Å². The topological polar surface area (TPSA) is 41.4 Å². The predicted octanol–water partition coefficient (Wildman–Crippen LogP) is 2.30. The number of nitrogens with zero attached hydrogens (tertiary/aromatic N) is 4. The monoisotopic (exact) mass is 316 g/mol. The molecule has 0 N–H and O–H groups in total. The standard InChI is InChI=1S/C17H21FN4O/c1-20-12-13(11-19-20)17(23)21(2)15-7-9-22(10-8-15)16-5-3-14(18)4-6-16/h3-6,11-12,15H,7-10H2,1-2H3. The van der Waals surface area contributed by atoms with Crippen molar-refractivity contribution in [3.63, 3.8) is 0 Å². The Kier molecular flexibility index (Phi) is 4.32. The highest BCUT2D eigenvalue weighted by molar-refractivity contribution is 5.93. The van der Waals surface area contributed by atoms with Gasteiger partial charge in [-0.25, -0.2) is 4.39 Å². The third-order valence-corrected chi connectivity index (χ3v) is 4.48. The lowest BCUT2D eigenvalue weighted by Gasteiger charge is -2.37. The lowest BCUT2D eigenvalue weighted by atomic mass is 10.0. The molecule has 6 heteroatoms. The largest absolute Gasteiger partial charge is 0.371 e. The van der Waals surface area contributed by atoms with Gasteiger partial charge in [0.2, 0.25) is 0 Å². The summed E-state index contributed by atoms with van der Waals surface area (Å²) in [6, 6.07) is 6.80. The maximum Gasteiger partial charge on any atom is 0.257 e. The number of amides is 1. The highest BCUT2D eigenvalue weighted by Crippen LogP contribution is 2.23. The van der Waals surface area contributed by atoms with Crippen LogP contribution in [0.5, 0.6) is 0 Å². The zero-order valence-electron chi connectivity index (χ0n) is 13.4. The fourth-order valence-corrected chi connectivity index (χ4v) is 3.06. The second-order valence-corrected chi connectivity index (χ2v) is 6.01. The SMILES string of the molecule is CN(C(=O)c1cnn(C)c1)C1CCN(c2ccc(F)cc2)CC1. The van der Waals surface area contributed by atoms with Gasteiger partial charge in [0.1, 0.15) is 5.82 Å². The third kappa shape index (κ3) is 3.36. The van der Waals surface area contributed by atoms with Crippen molar-refractivity contribution in [1.29, 1.82) is 0 Å². The van der Waals surface area contributed by atoms with Crippen LogP contribution in [0.3, 0.4) is 0 Å². The van der Waals surface area contributed by atoms with Crippen LogP contribution in [0.4, 0.5) is 10.1 Å². The number of carbonyl (C=O) groups excluding carboxylic acids is 1. The van der Waals surface area contributed by atoms with Gasteiger partial charge >= 0.3 is 0 Å². The summed E-state index contributed by atoms with van der Waals surface area (Å²) in [4.78, 5) is 16.5. The van der Waals surface area contributed by atoms with E-state index in [1.165, 1.54) is 12.1 Å². The molecule has 3 rings (SSSR count). The summed E-state index contributed by atoms with van der Waals surface area (Å²) in [5.41, 5.74) is 1.65. The number of anilines is 1. The molecule has 1 saturated heterocycles. The molecule has 1 fully saturated rings. The summed E-state index contributed by atoms with van der Waals surface area (Å²) in [5.74, 6) is -0.205. The molecule has 23 heavy (non-hydrogen) atoms. The molecule has 1 aromatic carbocycles. The second kappa shape index (κ2) is 6.40. The molecular weight excluding hydrogens is 295 g/mol. The third-order valence-electron chi connectivity index (χ3n) is 4.48. The Morgan fingerprint density at radius 3 is 2.48 bits per heavy atom. The van der Waals surface area contributed by atoms with E-state index < -0.39 is 0 Å². The second-order valence-electron chi connectivity index (χ2n) is 6.01. The summed E-state index contributed by atoms with van der Waals surface area (Å²) in [6.07, 6.45) is 5.15. The molecule has 1 amide bonds. The van der Waals surface area contributed by atoms with Gasteiger partial charge < -0.3 is 9.80 Å². The van der Waals surface area contributed by atoms with E-state index in [0.29, 0.717) is 5.56 Å². The van der Waals surface area contributed by atoms with E-state index in [4.69, 9.17) is 0 Å². The van der Waals surface area contributed by atoms with Gasteiger partial charge in [0.25, 0.3) is 5.91 Å². The first-order valence-corrected chi connectivity index (χ1v) is 7.81. The predicted molar refractivity (Wildman–Crippen MR) is 86.9 cm³/mol. The average Bonchev–Trinajstić information content (AvgIpc) is 3.01. The molecule has 1 aliphatic heterocycles. The van der Waals surface area contributed by atoms with Crippen LogP contribution >= 0.6 is 0 Å². The molecule has 2 heterocycles. The van der Waals surface area contributed by atoms with Crippen LogP contribution in [0, 0.1) is 5.82 Å². The van der Waals surface area contributed by atoms with Crippen molar-refractivity contribution in [3.8, 4) is 0 Å². The zero-order chi connectivity index (χ0) is 16.4. The Balaban J connectivity index is 1.60. The lowest BCUT2D eigenvalue weighted by molar-refractivity contribution is 0.0709. The molecule has 5 nitrogen and oxygen atoms in total. The highest BCUT2D eigenvalue weighted by Gasteiger charge is 2.26. The fourth-order valence-electron chi connectivity index (χ4n) is 3.06. The van der Waals surface area contributed by atoms with Crippen molar-refractivity contribution in [1.82, 2.24) is 14.7 Å². The van der Waals surface area contributed by atoms with Crippen molar-refractivity contribution in [2.45, 2.75) is 18.9 Å². The molecule has 0 spiro atoms. The van der Waals surface area contributed by atoms with Crippen LogP contribution in [0.25, 0.3) is 0 Å². The van der Waals surface area contributed by atoms with Gasteiger partial charge in [0, 0.05) is 45.1 Å². The summed E-state index contributed by atoms with van der Waals surface area (Å²) < 4.78 is 14.6. The molecule has 0 atom stereocenters. The summed E-state index contributed by atoms with van der Waals surface area (Å²) in [5, 5.41) is 4.05. The van der Waals surface area contributed by atoms with E-state index in [1.54, 1.807) is 36.3 Å². The molecule has 0 saturated carbocycles. The highest BCUT2D eigenvalue weighted by atomic mass is 19.1. The van der Waals surface area contributed by atoms with Crippen LogP contribution in [0.15, 0.2) is 36.7 Å². The quantitative estimate of drug-likeness (QED) is 0.872. The number of aryl methyl sites for hydroxylation is 1. The molecule has 1 aliphatic rings. The number of rotatable bonds is 3. The van der Waals surface area contributed by atoms with Crippen molar-refractivity contribution >= 4 is 11.6 Å². The molecule has 0 unspecified atom stereocenters. The Morgan fingerprint density at radius 2 is 1.91 bits per heavy atom. The van der Waals surface area contributed by atoms with E-state index in [1.807, 2.05) is 11.9 Å². The number of halogens is 1. The van der Waals surface area contributed by atoms with Gasteiger partial charge in [0.05, 0.1) is 11.8 Å². The summed E-state index contributed by atoms with van der Waals surface area (Å²) in [7, 11) is 3.66. The van der Waals surface area contributed by atoms with Gasteiger partial charge in [-0.3, -0.25) is 9.48 Å². The van der Waals surface area contributed by atoms with Crippen molar-refractivity contribution in [3.05, 3.63) is 48.0 Å². The minimum atomic E-state index is -0.217. The van der Waals surface area contributed by atoms with Crippen LogP contribution in [-0.2, 0) is 7.05 Å². The van der Waals surface area contributed by atoms with Gasteiger partial charge in [0.15, 0.2) is 0 Å². The zero-order valence-corrected chi connectivity index (χ0v) is 13.4. The average molecular weight is 316 g/mol. The van der Waals surface area contributed by atoms with Crippen LogP contribution in [0.1, 0.15) is 23.2 Å². The Morgan fingerprint density at radius 1 is 1.26 bits per heavy atom. The van der Waals surface area contributed by atoms with Crippen LogP contribution < -0.4 is 4.90 Å². The van der Waals surface area contributed by atoms with Crippen molar-refractivity contribution in [2.24, 2.45) is 7.05 Å². The number of hydrogen-bond donors (Lipinski definition) is 0. The molecule has 122 valence electrons. The number of aromatic nitrogens is 2. The van der Waals surface area contributed by atoms with Gasteiger partial charge in [-0.15, -0.1) is 0 Å². The first kappa shape index (κ1) is 15.5. The number of piperidine rings is 1. The first-order valence-electron chi connectivity index (χ1n) is 7.81. The van der Waals surface area contributed by atoms with Crippen molar-refractivity contribution in [2.75, 3.05) is 25.0 Å². The minimum absolute atomic E-state index is 0.0123. The van der Waals surface area contributed by atoms with Gasteiger partial charge in [-0.05, 0) is 37.1 Å². The Bertz CT molecular complexity index is 674. The van der Waals surface area contributed by atoms with E-state index in [9.17, 15) is 9.18 Å². The molecule has 0 bridgehead atoms. The smallest absolute Gasteiger partial charge is 0.257 e.